The Balaban J connectivity index is 2.14. The van der Waals surface area contributed by atoms with Gasteiger partial charge in [-0.05, 0) is 39.0 Å². The third-order valence-electron chi connectivity index (χ3n) is 2.97. The maximum Gasteiger partial charge on any atom is 0.142 e. The average molecular weight is 284 g/mol. The van der Waals surface area contributed by atoms with E-state index >= 15 is 0 Å². The third kappa shape index (κ3) is 3.99. The van der Waals surface area contributed by atoms with Crippen molar-refractivity contribution >= 4 is 5.69 Å². The Labute approximate surface area is 125 Å². The van der Waals surface area contributed by atoms with E-state index in [2.05, 4.69) is 23.4 Å². The van der Waals surface area contributed by atoms with Crippen LogP contribution in [-0.2, 0) is 13.1 Å². The minimum Gasteiger partial charge on any atom is -0.489 e. The van der Waals surface area contributed by atoms with Gasteiger partial charge in [0.1, 0.15) is 5.75 Å². The predicted molar refractivity (Wildman–Crippen MR) is 82.1 cm³/mol. The minimum atomic E-state index is 0.0846. The van der Waals surface area contributed by atoms with Gasteiger partial charge in [0.25, 0.3) is 0 Å². The van der Waals surface area contributed by atoms with Crippen LogP contribution in [0.2, 0.25) is 0 Å². The average Bonchev–Trinajstić information content (AvgIpc) is 2.93. The van der Waals surface area contributed by atoms with Crippen molar-refractivity contribution in [1.82, 2.24) is 9.78 Å². The molecule has 0 amide bonds. The summed E-state index contributed by atoms with van der Waals surface area (Å²) in [5.41, 5.74) is 2.53. The van der Waals surface area contributed by atoms with Crippen LogP contribution in [0.15, 0.2) is 30.6 Å². The van der Waals surface area contributed by atoms with Crippen LogP contribution in [0.1, 0.15) is 31.9 Å². The van der Waals surface area contributed by atoms with E-state index in [1.807, 2.05) is 43.1 Å². The summed E-state index contributed by atoms with van der Waals surface area (Å²) in [5, 5.41) is 16.6. The zero-order valence-corrected chi connectivity index (χ0v) is 12.6. The SMILES string of the molecule is CCn1cc(CNc2cc(C#N)ccc2OC(C)C)cn1. The fraction of sp³-hybridized carbons (Fsp3) is 0.375. The van der Waals surface area contributed by atoms with Gasteiger partial charge in [0.15, 0.2) is 0 Å². The summed E-state index contributed by atoms with van der Waals surface area (Å²) in [7, 11) is 0. The predicted octanol–water partition coefficient (Wildman–Crippen LogP) is 3.17. The molecule has 0 radical (unpaired) electrons. The lowest BCUT2D eigenvalue weighted by Gasteiger charge is -2.15. The molecule has 0 bridgehead atoms. The molecule has 21 heavy (non-hydrogen) atoms. The smallest absolute Gasteiger partial charge is 0.142 e. The molecule has 1 N–H and O–H groups in total. The van der Waals surface area contributed by atoms with Gasteiger partial charge < -0.3 is 10.1 Å². The summed E-state index contributed by atoms with van der Waals surface area (Å²) < 4.78 is 7.65. The second-order valence-corrected chi connectivity index (χ2v) is 5.05. The molecule has 0 aliphatic carbocycles. The lowest BCUT2D eigenvalue weighted by molar-refractivity contribution is 0.243. The number of aromatic nitrogens is 2. The molecule has 0 aliphatic heterocycles. The molecular weight excluding hydrogens is 264 g/mol. The molecule has 2 aromatic rings. The van der Waals surface area contributed by atoms with Crippen LogP contribution in [0.3, 0.4) is 0 Å². The van der Waals surface area contributed by atoms with Crippen LogP contribution >= 0.6 is 0 Å². The van der Waals surface area contributed by atoms with Crippen molar-refractivity contribution in [3.8, 4) is 11.8 Å². The topological polar surface area (TPSA) is 62.9 Å². The van der Waals surface area contributed by atoms with Gasteiger partial charge in [-0.2, -0.15) is 10.4 Å². The van der Waals surface area contributed by atoms with E-state index in [-0.39, 0.29) is 6.10 Å². The molecule has 0 fully saturated rings. The van der Waals surface area contributed by atoms with Gasteiger partial charge in [0.05, 0.1) is 29.6 Å². The highest BCUT2D eigenvalue weighted by atomic mass is 16.5. The molecule has 1 aromatic heterocycles. The zero-order valence-electron chi connectivity index (χ0n) is 12.6. The molecule has 1 aromatic carbocycles. The molecule has 110 valence electrons. The van der Waals surface area contributed by atoms with Crippen LogP contribution in [0.5, 0.6) is 5.75 Å². The van der Waals surface area contributed by atoms with Gasteiger partial charge >= 0.3 is 0 Å². The van der Waals surface area contributed by atoms with Gasteiger partial charge in [-0.15, -0.1) is 0 Å². The van der Waals surface area contributed by atoms with Crippen LogP contribution in [0.4, 0.5) is 5.69 Å². The summed E-state index contributed by atoms with van der Waals surface area (Å²) in [6.07, 6.45) is 3.93. The van der Waals surface area contributed by atoms with Crippen molar-refractivity contribution in [2.75, 3.05) is 5.32 Å². The summed E-state index contributed by atoms with van der Waals surface area (Å²) in [4.78, 5) is 0. The molecule has 0 saturated carbocycles. The number of rotatable bonds is 6. The van der Waals surface area contributed by atoms with Crippen LogP contribution in [-0.4, -0.2) is 15.9 Å². The van der Waals surface area contributed by atoms with E-state index in [0.717, 1.165) is 23.5 Å². The Bertz CT molecular complexity index is 640. The van der Waals surface area contributed by atoms with Gasteiger partial charge in [-0.3, -0.25) is 4.68 Å². The van der Waals surface area contributed by atoms with Crippen molar-refractivity contribution in [3.63, 3.8) is 0 Å². The number of ether oxygens (including phenoxy) is 1. The van der Waals surface area contributed by atoms with Crippen molar-refractivity contribution in [2.24, 2.45) is 0 Å². The maximum atomic E-state index is 9.02. The maximum absolute atomic E-state index is 9.02. The molecule has 0 saturated heterocycles. The fourth-order valence-corrected chi connectivity index (χ4v) is 1.96. The molecule has 2 rings (SSSR count). The number of benzene rings is 1. The molecule has 0 unspecified atom stereocenters. The Kier molecular flexibility index (Phi) is 4.83. The second kappa shape index (κ2) is 6.80. The summed E-state index contributed by atoms with van der Waals surface area (Å²) >= 11 is 0. The largest absolute Gasteiger partial charge is 0.489 e. The highest BCUT2D eigenvalue weighted by molar-refractivity contribution is 5.60. The third-order valence-corrected chi connectivity index (χ3v) is 2.97. The first kappa shape index (κ1) is 14.9. The Morgan fingerprint density at radius 1 is 1.43 bits per heavy atom. The van der Waals surface area contributed by atoms with E-state index < -0.39 is 0 Å². The van der Waals surface area contributed by atoms with E-state index in [9.17, 15) is 0 Å². The zero-order chi connectivity index (χ0) is 15.2. The Morgan fingerprint density at radius 2 is 2.24 bits per heavy atom. The van der Waals surface area contributed by atoms with Gasteiger partial charge in [-0.1, -0.05) is 0 Å². The normalized spacial score (nSPS) is 10.4. The molecule has 0 aliphatic rings. The Hall–Kier alpha value is -2.48. The van der Waals surface area contributed by atoms with Crippen molar-refractivity contribution < 1.29 is 4.74 Å². The highest BCUT2D eigenvalue weighted by Gasteiger charge is 2.07. The minimum absolute atomic E-state index is 0.0846. The van der Waals surface area contributed by atoms with Gasteiger partial charge in [0, 0.05) is 24.8 Å². The number of anilines is 1. The monoisotopic (exact) mass is 284 g/mol. The van der Waals surface area contributed by atoms with Crippen molar-refractivity contribution in [2.45, 2.75) is 40.0 Å². The van der Waals surface area contributed by atoms with Gasteiger partial charge in [-0.25, -0.2) is 0 Å². The summed E-state index contributed by atoms with van der Waals surface area (Å²) in [6, 6.07) is 7.55. The molecule has 1 heterocycles. The molecule has 0 atom stereocenters. The van der Waals surface area contributed by atoms with Crippen molar-refractivity contribution in [3.05, 3.63) is 41.7 Å². The number of aryl methyl sites for hydroxylation is 1. The van der Waals surface area contributed by atoms with E-state index in [1.165, 1.54) is 0 Å². The number of nitriles is 1. The lowest BCUT2D eigenvalue weighted by atomic mass is 10.2. The molecule has 5 heteroatoms. The van der Waals surface area contributed by atoms with E-state index in [0.29, 0.717) is 12.1 Å². The highest BCUT2D eigenvalue weighted by Crippen LogP contribution is 2.27. The number of nitrogens with zero attached hydrogens (tertiary/aromatic N) is 3. The van der Waals surface area contributed by atoms with Crippen molar-refractivity contribution in [1.29, 1.82) is 5.26 Å². The van der Waals surface area contributed by atoms with Gasteiger partial charge in [0.2, 0.25) is 0 Å². The van der Waals surface area contributed by atoms with Crippen LogP contribution in [0, 0.1) is 11.3 Å². The standard InChI is InChI=1S/C16H20N4O/c1-4-20-11-14(10-19-20)9-18-15-7-13(8-17)5-6-16(15)21-12(2)3/h5-7,10-12,18H,4,9H2,1-3H3. The number of hydrogen-bond donors (Lipinski definition) is 1. The Morgan fingerprint density at radius 3 is 2.86 bits per heavy atom. The lowest BCUT2D eigenvalue weighted by Crippen LogP contribution is -2.09. The van der Waals surface area contributed by atoms with Crippen LogP contribution < -0.4 is 10.1 Å². The molecular formula is C16H20N4O. The fourth-order valence-electron chi connectivity index (χ4n) is 1.96. The van der Waals surface area contributed by atoms with E-state index in [1.54, 1.807) is 6.07 Å². The molecule has 0 spiro atoms. The quantitative estimate of drug-likeness (QED) is 0.885. The second-order valence-electron chi connectivity index (χ2n) is 5.05. The molecule has 5 nitrogen and oxygen atoms in total. The first-order chi connectivity index (χ1) is 10.1. The number of hydrogen-bond acceptors (Lipinski definition) is 4. The van der Waals surface area contributed by atoms with Crippen LogP contribution in [0.25, 0.3) is 0 Å². The summed E-state index contributed by atoms with van der Waals surface area (Å²) in [5.74, 6) is 0.756. The summed E-state index contributed by atoms with van der Waals surface area (Å²) in [6.45, 7) is 7.50. The first-order valence-electron chi connectivity index (χ1n) is 7.08. The van der Waals surface area contributed by atoms with E-state index in [4.69, 9.17) is 10.00 Å². The first-order valence-corrected chi connectivity index (χ1v) is 7.08. The number of nitrogens with one attached hydrogen (secondary N) is 1.